The lowest BCUT2D eigenvalue weighted by Gasteiger charge is -2.19. The summed E-state index contributed by atoms with van der Waals surface area (Å²) >= 11 is 0. The molecule has 1 aliphatic carbocycles. The number of nitrogens with one attached hydrogen (secondary N) is 1. The van der Waals surface area contributed by atoms with E-state index in [0.29, 0.717) is 5.92 Å². The lowest BCUT2D eigenvalue weighted by atomic mass is 9.94. The van der Waals surface area contributed by atoms with Crippen LogP contribution in [0, 0.1) is 5.92 Å². The van der Waals surface area contributed by atoms with Gasteiger partial charge in [-0.3, -0.25) is 0 Å². The zero-order valence-electron chi connectivity index (χ0n) is 10.9. The first-order chi connectivity index (χ1) is 8.25. The average Bonchev–Trinajstić information content (AvgIpc) is 2.38. The summed E-state index contributed by atoms with van der Waals surface area (Å²) in [5.41, 5.74) is 2.67. The van der Waals surface area contributed by atoms with Crippen LogP contribution in [0.3, 0.4) is 0 Å². The van der Waals surface area contributed by atoms with Gasteiger partial charge in [0.1, 0.15) is 0 Å². The molecule has 1 heteroatoms. The Balaban J connectivity index is 1.84. The van der Waals surface area contributed by atoms with Crippen LogP contribution in [0.4, 0.5) is 5.69 Å². The van der Waals surface area contributed by atoms with Crippen molar-refractivity contribution in [2.24, 2.45) is 5.92 Å². The van der Waals surface area contributed by atoms with Crippen LogP contribution >= 0.6 is 0 Å². The fourth-order valence-corrected chi connectivity index (χ4v) is 2.29. The van der Waals surface area contributed by atoms with Gasteiger partial charge in [0.15, 0.2) is 0 Å². The van der Waals surface area contributed by atoms with Crippen LogP contribution in [0.2, 0.25) is 0 Å². The van der Waals surface area contributed by atoms with Crippen molar-refractivity contribution in [3.63, 3.8) is 0 Å². The molecule has 1 aromatic rings. The predicted molar refractivity (Wildman–Crippen MR) is 75.5 cm³/mol. The van der Waals surface area contributed by atoms with Gasteiger partial charge in [0, 0.05) is 12.2 Å². The second-order valence-corrected chi connectivity index (χ2v) is 5.31. The third-order valence-corrected chi connectivity index (χ3v) is 3.55. The molecule has 0 radical (unpaired) electrons. The summed E-state index contributed by atoms with van der Waals surface area (Å²) < 4.78 is 0. The first kappa shape index (κ1) is 12.2. The van der Waals surface area contributed by atoms with Gasteiger partial charge in [-0.2, -0.15) is 0 Å². The van der Waals surface area contributed by atoms with E-state index in [4.69, 9.17) is 0 Å². The Morgan fingerprint density at radius 3 is 2.53 bits per heavy atom. The van der Waals surface area contributed by atoms with Gasteiger partial charge >= 0.3 is 0 Å². The van der Waals surface area contributed by atoms with Gasteiger partial charge in [-0.1, -0.05) is 38.1 Å². The fourth-order valence-electron chi connectivity index (χ4n) is 2.29. The normalized spacial score (nSPS) is 19.6. The molecular weight excluding hydrogens is 206 g/mol. The zero-order chi connectivity index (χ0) is 12.1. The molecule has 1 nitrogen and oxygen atoms in total. The Morgan fingerprint density at radius 1 is 1.18 bits per heavy atom. The molecule has 17 heavy (non-hydrogen) atoms. The van der Waals surface area contributed by atoms with E-state index < -0.39 is 0 Å². The third kappa shape index (κ3) is 3.62. The zero-order valence-corrected chi connectivity index (χ0v) is 10.9. The van der Waals surface area contributed by atoms with Gasteiger partial charge in [0.25, 0.3) is 0 Å². The molecule has 92 valence electrons. The first-order valence-electron chi connectivity index (χ1n) is 6.74. The summed E-state index contributed by atoms with van der Waals surface area (Å²) in [6, 6.07) is 8.86. The highest BCUT2D eigenvalue weighted by molar-refractivity contribution is 5.45. The minimum atomic E-state index is 0.618. The number of hydrogen-bond donors (Lipinski definition) is 1. The Morgan fingerprint density at radius 2 is 1.94 bits per heavy atom. The van der Waals surface area contributed by atoms with E-state index >= 15 is 0 Å². The summed E-state index contributed by atoms with van der Waals surface area (Å²) in [6.45, 7) is 5.57. The lowest BCUT2D eigenvalue weighted by molar-refractivity contribution is 0.504. The molecule has 0 aliphatic heterocycles. The van der Waals surface area contributed by atoms with E-state index in [2.05, 4.69) is 55.6 Å². The van der Waals surface area contributed by atoms with E-state index in [1.807, 2.05) is 0 Å². The molecule has 1 atom stereocenters. The molecule has 1 unspecified atom stereocenters. The molecule has 0 saturated heterocycles. The standard InChI is InChI=1S/C16H23N/c1-13(2)15-8-10-16(11-9-15)17-12-14-6-4-3-5-7-14/h3-4,8-11,13-14,17H,5-7,12H2,1-2H3. The predicted octanol–water partition coefficient (Wildman–Crippen LogP) is 4.58. The number of hydrogen-bond acceptors (Lipinski definition) is 1. The van der Waals surface area contributed by atoms with Crippen LogP contribution in [-0.4, -0.2) is 6.54 Å². The van der Waals surface area contributed by atoms with Crippen LogP contribution in [-0.2, 0) is 0 Å². The SMILES string of the molecule is CC(C)c1ccc(NCC2CC=CCC2)cc1. The highest BCUT2D eigenvalue weighted by Gasteiger charge is 2.09. The lowest BCUT2D eigenvalue weighted by Crippen LogP contribution is -2.15. The van der Waals surface area contributed by atoms with Crippen LogP contribution < -0.4 is 5.32 Å². The van der Waals surface area contributed by atoms with E-state index in [1.54, 1.807) is 0 Å². The Kier molecular flexibility index (Phi) is 4.24. The van der Waals surface area contributed by atoms with Crippen molar-refractivity contribution in [2.75, 3.05) is 11.9 Å². The maximum absolute atomic E-state index is 3.55. The van der Waals surface area contributed by atoms with Gasteiger partial charge in [0.05, 0.1) is 0 Å². The van der Waals surface area contributed by atoms with Crippen LogP contribution in [0.5, 0.6) is 0 Å². The van der Waals surface area contributed by atoms with Crippen molar-refractivity contribution in [2.45, 2.75) is 39.0 Å². The molecule has 0 fully saturated rings. The summed E-state index contributed by atoms with van der Waals surface area (Å²) in [4.78, 5) is 0. The number of benzene rings is 1. The number of anilines is 1. The molecule has 0 spiro atoms. The largest absolute Gasteiger partial charge is 0.385 e. The van der Waals surface area contributed by atoms with Gasteiger partial charge < -0.3 is 5.32 Å². The van der Waals surface area contributed by atoms with Gasteiger partial charge in [-0.15, -0.1) is 0 Å². The van der Waals surface area contributed by atoms with Crippen LogP contribution in [0.15, 0.2) is 36.4 Å². The quantitative estimate of drug-likeness (QED) is 0.745. The maximum Gasteiger partial charge on any atom is 0.0340 e. The monoisotopic (exact) mass is 229 g/mol. The molecule has 0 aromatic heterocycles. The second kappa shape index (κ2) is 5.90. The fraction of sp³-hybridized carbons (Fsp3) is 0.500. The minimum Gasteiger partial charge on any atom is -0.385 e. The van der Waals surface area contributed by atoms with Gasteiger partial charge in [0.2, 0.25) is 0 Å². The highest BCUT2D eigenvalue weighted by Crippen LogP contribution is 2.20. The van der Waals surface area contributed by atoms with E-state index in [0.717, 1.165) is 12.5 Å². The second-order valence-electron chi connectivity index (χ2n) is 5.31. The van der Waals surface area contributed by atoms with Gasteiger partial charge in [-0.05, 0) is 48.8 Å². The van der Waals surface area contributed by atoms with Crippen molar-refractivity contribution in [3.05, 3.63) is 42.0 Å². The van der Waals surface area contributed by atoms with Gasteiger partial charge in [-0.25, -0.2) is 0 Å². The molecule has 0 saturated carbocycles. The minimum absolute atomic E-state index is 0.618. The topological polar surface area (TPSA) is 12.0 Å². The average molecular weight is 229 g/mol. The Labute approximate surface area is 105 Å². The van der Waals surface area contributed by atoms with Crippen molar-refractivity contribution < 1.29 is 0 Å². The third-order valence-electron chi connectivity index (χ3n) is 3.55. The Bertz CT molecular complexity index is 362. The van der Waals surface area contributed by atoms with Crippen LogP contribution in [0.1, 0.15) is 44.6 Å². The summed E-state index contributed by atoms with van der Waals surface area (Å²) in [7, 11) is 0. The number of rotatable bonds is 4. The van der Waals surface area contributed by atoms with Crippen molar-refractivity contribution >= 4 is 5.69 Å². The summed E-state index contributed by atoms with van der Waals surface area (Å²) in [5.74, 6) is 1.43. The smallest absolute Gasteiger partial charge is 0.0340 e. The van der Waals surface area contributed by atoms with Crippen molar-refractivity contribution in [1.29, 1.82) is 0 Å². The summed E-state index contributed by atoms with van der Waals surface area (Å²) in [6.07, 6.45) is 8.43. The van der Waals surface area contributed by atoms with Crippen molar-refractivity contribution in [3.8, 4) is 0 Å². The highest BCUT2D eigenvalue weighted by atomic mass is 14.9. The molecule has 1 aliphatic rings. The summed E-state index contributed by atoms with van der Waals surface area (Å²) in [5, 5.41) is 3.55. The molecular formula is C16H23N. The van der Waals surface area contributed by atoms with Crippen LogP contribution in [0.25, 0.3) is 0 Å². The number of allylic oxidation sites excluding steroid dienone is 2. The Hall–Kier alpha value is -1.24. The molecule has 0 bridgehead atoms. The molecule has 0 heterocycles. The van der Waals surface area contributed by atoms with E-state index in [1.165, 1.54) is 30.5 Å². The van der Waals surface area contributed by atoms with E-state index in [9.17, 15) is 0 Å². The maximum atomic E-state index is 3.55. The molecule has 1 N–H and O–H groups in total. The molecule has 1 aromatic carbocycles. The first-order valence-corrected chi connectivity index (χ1v) is 6.74. The molecule has 2 rings (SSSR count). The van der Waals surface area contributed by atoms with E-state index in [-0.39, 0.29) is 0 Å². The molecule has 0 amide bonds. The van der Waals surface area contributed by atoms with Crippen molar-refractivity contribution in [1.82, 2.24) is 0 Å².